The van der Waals surface area contributed by atoms with Crippen LogP contribution in [0.4, 0.5) is 15.9 Å². The van der Waals surface area contributed by atoms with Crippen LogP contribution in [0.15, 0.2) is 53.3 Å². The molecule has 1 aliphatic heterocycles. The molecule has 0 saturated carbocycles. The molecule has 1 saturated heterocycles. The van der Waals surface area contributed by atoms with E-state index >= 15 is 0 Å². The third-order valence-electron chi connectivity index (χ3n) is 6.07. The molecule has 1 atom stereocenters. The topological polar surface area (TPSA) is 131 Å². The van der Waals surface area contributed by atoms with Crippen LogP contribution in [-0.2, 0) is 11.3 Å². The van der Waals surface area contributed by atoms with Gasteiger partial charge in [0.15, 0.2) is 11.4 Å². The van der Waals surface area contributed by atoms with E-state index in [1.165, 1.54) is 6.07 Å². The minimum atomic E-state index is -0.453. The lowest BCUT2D eigenvalue weighted by Gasteiger charge is -2.18. The first-order valence-corrected chi connectivity index (χ1v) is 11.1. The second-order valence-electron chi connectivity index (χ2n) is 8.44. The molecule has 4 aromatic rings. The molecule has 10 nitrogen and oxygen atoms in total. The van der Waals surface area contributed by atoms with Gasteiger partial charge >= 0.3 is 0 Å². The fourth-order valence-electron chi connectivity index (χ4n) is 4.31. The molecule has 2 aromatic heterocycles. The van der Waals surface area contributed by atoms with Crippen LogP contribution in [0.2, 0.25) is 0 Å². The summed E-state index contributed by atoms with van der Waals surface area (Å²) in [4.78, 5) is 31.1. The number of rotatable bonds is 7. The monoisotopic (exact) mass is 477 g/mol. The lowest BCUT2D eigenvalue weighted by molar-refractivity contribution is -0.117. The number of benzene rings is 2. The van der Waals surface area contributed by atoms with E-state index in [0.29, 0.717) is 53.4 Å². The number of nitrogens with one attached hydrogen (secondary N) is 2. The summed E-state index contributed by atoms with van der Waals surface area (Å²) in [7, 11) is 1.79. The number of hydrogen-bond donors (Lipinski definition) is 3. The van der Waals surface area contributed by atoms with Gasteiger partial charge in [0.05, 0.1) is 17.6 Å². The van der Waals surface area contributed by atoms with Gasteiger partial charge in [0.25, 0.3) is 5.91 Å². The number of nitrogens with two attached hydrogens (primary N) is 1. The molecule has 5 rings (SSSR count). The fraction of sp³-hybridized carbons (Fsp3) is 0.250. The maximum absolute atomic E-state index is 15.0. The van der Waals surface area contributed by atoms with Crippen molar-refractivity contribution in [3.63, 3.8) is 0 Å². The number of aromatic nitrogens is 3. The summed E-state index contributed by atoms with van der Waals surface area (Å²) in [5.74, 6) is -0.0605. The average molecular weight is 478 g/mol. The van der Waals surface area contributed by atoms with Gasteiger partial charge < -0.3 is 25.8 Å². The highest BCUT2D eigenvalue weighted by Gasteiger charge is 2.31. The first-order chi connectivity index (χ1) is 16.9. The molecule has 2 aromatic carbocycles. The van der Waals surface area contributed by atoms with Crippen molar-refractivity contribution >= 4 is 34.3 Å². The number of nitrogen functional groups attached to an aromatic ring is 1. The van der Waals surface area contributed by atoms with Crippen molar-refractivity contribution in [3.05, 3.63) is 66.0 Å². The number of imidazole rings is 1. The van der Waals surface area contributed by atoms with Crippen molar-refractivity contribution in [2.45, 2.75) is 13.0 Å². The predicted octanol–water partition coefficient (Wildman–Crippen LogP) is 2.24. The van der Waals surface area contributed by atoms with Gasteiger partial charge in [-0.15, -0.1) is 0 Å². The van der Waals surface area contributed by atoms with Gasteiger partial charge in [-0.2, -0.15) is 0 Å². The summed E-state index contributed by atoms with van der Waals surface area (Å²) in [5.41, 5.74) is 7.52. The van der Waals surface area contributed by atoms with E-state index in [4.69, 9.17) is 10.3 Å². The number of nitrogens with zero attached hydrogens (tertiary/aromatic N) is 4. The minimum absolute atomic E-state index is 0.102. The highest BCUT2D eigenvalue weighted by Crippen LogP contribution is 2.28. The Bertz CT molecular complexity index is 1410. The highest BCUT2D eigenvalue weighted by atomic mass is 19.1. The van der Waals surface area contributed by atoms with Crippen molar-refractivity contribution in [2.75, 3.05) is 30.8 Å². The summed E-state index contributed by atoms with van der Waals surface area (Å²) >= 11 is 0. The van der Waals surface area contributed by atoms with Crippen molar-refractivity contribution in [1.82, 2.24) is 25.3 Å². The molecule has 0 radical (unpaired) electrons. The van der Waals surface area contributed by atoms with Gasteiger partial charge in [0.2, 0.25) is 5.91 Å². The highest BCUT2D eigenvalue weighted by molar-refractivity contribution is 6.00. The van der Waals surface area contributed by atoms with Crippen LogP contribution in [0, 0.1) is 11.7 Å². The zero-order valence-corrected chi connectivity index (χ0v) is 19.0. The number of halogens is 1. The zero-order chi connectivity index (χ0) is 24.5. The molecule has 0 aliphatic carbocycles. The predicted molar refractivity (Wildman–Crippen MR) is 128 cm³/mol. The third kappa shape index (κ3) is 4.33. The number of fused-ring (bicyclic) bond motifs is 1. The number of carbonyl (C=O) groups excluding carboxylic acids is 2. The van der Waals surface area contributed by atoms with E-state index in [1.54, 1.807) is 59.2 Å². The van der Waals surface area contributed by atoms with Crippen LogP contribution in [-0.4, -0.2) is 46.7 Å². The second-order valence-corrected chi connectivity index (χ2v) is 8.44. The first-order valence-electron chi connectivity index (χ1n) is 11.1. The third-order valence-corrected chi connectivity index (χ3v) is 6.07. The molecular formula is C24H24FN7O3. The quantitative estimate of drug-likeness (QED) is 0.372. The maximum Gasteiger partial charge on any atom is 0.251 e. The lowest BCUT2D eigenvalue weighted by Crippen LogP contribution is -2.31. The standard InChI is InChI=1S/C24H24FN7O3/c1-27-12-21-28-6-7-31(21)19-4-3-16(10-18(19)25)32-13-14(8-22(32)33)11-29-24(34)15-2-5-20-17(9-15)23(26)30-35-20/h2-7,9-10,14,27H,8,11-13H2,1H3,(H2,26,30)(H,29,34). The molecule has 1 unspecified atom stereocenters. The molecule has 0 spiro atoms. The van der Waals surface area contributed by atoms with E-state index < -0.39 is 5.82 Å². The summed E-state index contributed by atoms with van der Waals surface area (Å²) in [5, 5.41) is 10.1. The second kappa shape index (κ2) is 9.18. The molecular weight excluding hydrogens is 453 g/mol. The summed E-state index contributed by atoms with van der Waals surface area (Å²) in [6, 6.07) is 9.60. The summed E-state index contributed by atoms with van der Waals surface area (Å²) in [6.07, 6.45) is 3.57. The van der Waals surface area contributed by atoms with E-state index in [0.717, 1.165) is 0 Å². The fourth-order valence-corrected chi connectivity index (χ4v) is 4.31. The van der Waals surface area contributed by atoms with Gasteiger partial charge in [-0.05, 0) is 43.4 Å². The molecule has 3 heterocycles. The van der Waals surface area contributed by atoms with Crippen molar-refractivity contribution in [2.24, 2.45) is 5.92 Å². The molecule has 2 amide bonds. The first kappa shape index (κ1) is 22.5. The number of anilines is 2. The Labute approximate surface area is 199 Å². The van der Waals surface area contributed by atoms with E-state index in [9.17, 15) is 14.0 Å². The molecule has 180 valence electrons. The Hall–Kier alpha value is -4.25. The van der Waals surface area contributed by atoms with Crippen LogP contribution in [0.3, 0.4) is 0 Å². The Balaban J connectivity index is 1.24. The van der Waals surface area contributed by atoms with Crippen LogP contribution >= 0.6 is 0 Å². The van der Waals surface area contributed by atoms with Crippen LogP contribution < -0.4 is 21.3 Å². The van der Waals surface area contributed by atoms with Crippen molar-refractivity contribution in [1.29, 1.82) is 0 Å². The molecule has 35 heavy (non-hydrogen) atoms. The molecule has 4 N–H and O–H groups in total. The number of hydrogen-bond acceptors (Lipinski definition) is 7. The van der Waals surface area contributed by atoms with Crippen molar-refractivity contribution < 1.29 is 18.5 Å². The number of carbonyl (C=O) groups is 2. The van der Waals surface area contributed by atoms with E-state index in [-0.39, 0.29) is 30.0 Å². The largest absolute Gasteiger partial charge is 0.380 e. The Kier molecular flexibility index (Phi) is 5.91. The van der Waals surface area contributed by atoms with Gasteiger partial charge in [-0.3, -0.25) is 14.2 Å². The van der Waals surface area contributed by atoms with Gasteiger partial charge in [-0.1, -0.05) is 5.16 Å². The van der Waals surface area contributed by atoms with Crippen LogP contribution in [0.5, 0.6) is 0 Å². The van der Waals surface area contributed by atoms with Crippen molar-refractivity contribution in [3.8, 4) is 5.69 Å². The summed E-state index contributed by atoms with van der Waals surface area (Å²) in [6.45, 7) is 1.18. The molecule has 0 bridgehead atoms. The van der Waals surface area contributed by atoms with Crippen LogP contribution in [0.1, 0.15) is 22.6 Å². The average Bonchev–Trinajstić information content (AvgIpc) is 3.56. The van der Waals surface area contributed by atoms with Crippen LogP contribution in [0.25, 0.3) is 16.7 Å². The minimum Gasteiger partial charge on any atom is -0.380 e. The van der Waals surface area contributed by atoms with Gasteiger partial charge in [0.1, 0.15) is 11.6 Å². The zero-order valence-electron chi connectivity index (χ0n) is 19.0. The SMILES string of the molecule is CNCc1nccn1-c1ccc(N2CC(CNC(=O)c3ccc4onc(N)c4c3)CC2=O)cc1F. The Morgan fingerprint density at radius 1 is 1.29 bits per heavy atom. The Morgan fingerprint density at radius 2 is 2.14 bits per heavy atom. The van der Waals surface area contributed by atoms with Gasteiger partial charge in [-0.25, -0.2) is 9.37 Å². The molecule has 11 heteroatoms. The van der Waals surface area contributed by atoms with Gasteiger partial charge in [0, 0.05) is 49.1 Å². The maximum atomic E-state index is 15.0. The molecule has 1 aliphatic rings. The lowest BCUT2D eigenvalue weighted by atomic mass is 10.1. The number of amides is 2. The van der Waals surface area contributed by atoms with E-state index in [2.05, 4.69) is 20.8 Å². The van der Waals surface area contributed by atoms with E-state index in [1.807, 2.05) is 0 Å². The summed E-state index contributed by atoms with van der Waals surface area (Å²) < 4.78 is 21.7. The molecule has 1 fully saturated rings. The smallest absolute Gasteiger partial charge is 0.251 e. The normalized spacial score (nSPS) is 15.8. The Morgan fingerprint density at radius 3 is 2.94 bits per heavy atom.